The average Bonchev–Trinajstić information content (AvgIpc) is 2.59. The number of hydrogen-bond acceptors (Lipinski definition) is 4. The van der Waals surface area contributed by atoms with Crippen molar-refractivity contribution in [2.24, 2.45) is 0 Å². The number of nitrogens with zero attached hydrogens (tertiary/aromatic N) is 2. The van der Waals surface area contributed by atoms with E-state index in [9.17, 15) is 4.79 Å². The van der Waals surface area contributed by atoms with E-state index in [1.54, 1.807) is 0 Å². The minimum atomic E-state index is 0.0846. The fraction of sp³-hybridized carbons (Fsp3) is 0.421. The number of rotatable bonds is 3. The first-order chi connectivity index (χ1) is 11.7. The first kappa shape index (κ1) is 15.1. The number of carbonyl (C=O) groups is 1. The molecule has 1 atom stereocenters. The fourth-order valence-corrected chi connectivity index (χ4v) is 3.77. The van der Waals surface area contributed by atoms with Gasteiger partial charge in [-0.15, -0.1) is 0 Å². The summed E-state index contributed by atoms with van der Waals surface area (Å²) < 4.78 is 0. The summed E-state index contributed by atoms with van der Waals surface area (Å²) in [5.41, 5.74) is 4.59. The molecule has 2 aliphatic rings. The van der Waals surface area contributed by atoms with E-state index < -0.39 is 0 Å². The van der Waals surface area contributed by atoms with Gasteiger partial charge < -0.3 is 10.6 Å². The van der Waals surface area contributed by atoms with Crippen LogP contribution in [0.3, 0.4) is 0 Å². The summed E-state index contributed by atoms with van der Waals surface area (Å²) in [5, 5.41) is 6.47. The molecule has 0 bridgehead atoms. The SMILES string of the molecule is Cc1nc2c(c(NCC3CC(=O)Nc4ccccc43)n1)CCCC2. The zero-order chi connectivity index (χ0) is 16.5. The van der Waals surface area contributed by atoms with E-state index in [-0.39, 0.29) is 11.8 Å². The van der Waals surface area contributed by atoms with Crippen molar-refractivity contribution in [2.75, 3.05) is 17.2 Å². The lowest BCUT2D eigenvalue weighted by Gasteiger charge is -2.27. The van der Waals surface area contributed by atoms with E-state index in [4.69, 9.17) is 0 Å². The van der Waals surface area contributed by atoms with Gasteiger partial charge in [0, 0.05) is 35.8 Å². The number of fused-ring (bicyclic) bond motifs is 2. The van der Waals surface area contributed by atoms with Crippen molar-refractivity contribution in [3.8, 4) is 0 Å². The van der Waals surface area contributed by atoms with Crippen molar-refractivity contribution in [1.82, 2.24) is 9.97 Å². The summed E-state index contributed by atoms with van der Waals surface area (Å²) >= 11 is 0. The highest BCUT2D eigenvalue weighted by atomic mass is 16.1. The van der Waals surface area contributed by atoms with Gasteiger partial charge in [0.15, 0.2) is 0 Å². The van der Waals surface area contributed by atoms with Crippen LogP contribution in [0.25, 0.3) is 0 Å². The zero-order valence-electron chi connectivity index (χ0n) is 13.9. The Balaban J connectivity index is 1.58. The minimum absolute atomic E-state index is 0.0846. The van der Waals surface area contributed by atoms with Crippen LogP contribution < -0.4 is 10.6 Å². The molecular weight excluding hydrogens is 300 g/mol. The molecule has 0 radical (unpaired) electrons. The third kappa shape index (κ3) is 2.86. The largest absolute Gasteiger partial charge is 0.369 e. The van der Waals surface area contributed by atoms with Gasteiger partial charge >= 0.3 is 0 Å². The van der Waals surface area contributed by atoms with Crippen LogP contribution in [-0.4, -0.2) is 22.4 Å². The summed E-state index contributed by atoms with van der Waals surface area (Å²) in [7, 11) is 0. The van der Waals surface area contributed by atoms with Crippen LogP contribution in [0.4, 0.5) is 11.5 Å². The Bertz CT molecular complexity index is 787. The zero-order valence-corrected chi connectivity index (χ0v) is 13.9. The second-order valence-electron chi connectivity index (χ2n) is 6.67. The first-order valence-corrected chi connectivity index (χ1v) is 8.70. The van der Waals surface area contributed by atoms with E-state index >= 15 is 0 Å². The highest BCUT2D eigenvalue weighted by Gasteiger charge is 2.25. The molecule has 5 heteroatoms. The molecule has 0 saturated carbocycles. The second kappa shape index (κ2) is 6.23. The Hall–Kier alpha value is -2.43. The van der Waals surface area contributed by atoms with E-state index in [2.05, 4.69) is 26.7 Å². The fourth-order valence-electron chi connectivity index (χ4n) is 3.77. The van der Waals surface area contributed by atoms with Gasteiger partial charge in [0.25, 0.3) is 0 Å². The third-order valence-corrected chi connectivity index (χ3v) is 4.92. The van der Waals surface area contributed by atoms with Crippen molar-refractivity contribution >= 4 is 17.4 Å². The molecule has 1 amide bonds. The molecule has 0 saturated heterocycles. The molecule has 2 aromatic rings. The molecule has 2 N–H and O–H groups in total. The van der Waals surface area contributed by atoms with Gasteiger partial charge in [-0.25, -0.2) is 9.97 Å². The minimum Gasteiger partial charge on any atom is -0.369 e. The number of para-hydroxylation sites is 1. The standard InChI is InChI=1S/C19H22N4O/c1-12-21-17-9-5-3-7-15(17)19(22-12)20-11-13-10-18(24)23-16-8-4-2-6-14(13)16/h2,4,6,8,13H,3,5,7,9-11H2,1H3,(H,23,24)(H,20,21,22). The maximum absolute atomic E-state index is 12.0. The molecule has 0 fully saturated rings. The first-order valence-electron chi connectivity index (χ1n) is 8.70. The molecule has 5 nitrogen and oxygen atoms in total. The van der Waals surface area contributed by atoms with Gasteiger partial charge in [-0.3, -0.25) is 4.79 Å². The normalized spacial score (nSPS) is 19.2. The lowest BCUT2D eigenvalue weighted by atomic mass is 9.90. The van der Waals surface area contributed by atoms with E-state index in [1.165, 1.54) is 29.7 Å². The number of nitrogens with one attached hydrogen (secondary N) is 2. The van der Waals surface area contributed by atoms with Crippen LogP contribution in [0, 0.1) is 6.92 Å². The Morgan fingerprint density at radius 1 is 1.21 bits per heavy atom. The molecule has 2 heterocycles. The third-order valence-electron chi connectivity index (χ3n) is 4.92. The smallest absolute Gasteiger partial charge is 0.225 e. The molecule has 24 heavy (non-hydrogen) atoms. The van der Waals surface area contributed by atoms with E-state index in [0.717, 1.165) is 30.2 Å². The summed E-state index contributed by atoms with van der Waals surface area (Å²) in [6.07, 6.45) is 5.00. The summed E-state index contributed by atoms with van der Waals surface area (Å²) in [5.74, 6) is 2.03. The number of aromatic nitrogens is 2. The van der Waals surface area contributed by atoms with Crippen LogP contribution >= 0.6 is 0 Å². The quantitative estimate of drug-likeness (QED) is 0.910. The number of anilines is 2. The Labute approximate surface area is 141 Å². The van der Waals surface area contributed by atoms with Crippen molar-refractivity contribution in [3.05, 3.63) is 46.9 Å². The number of hydrogen-bond donors (Lipinski definition) is 2. The Morgan fingerprint density at radius 2 is 2.04 bits per heavy atom. The number of aryl methyl sites for hydroxylation is 2. The van der Waals surface area contributed by atoms with Gasteiger partial charge in [0.1, 0.15) is 11.6 Å². The summed E-state index contributed by atoms with van der Waals surface area (Å²) in [6, 6.07) is 8.05. The summed E-state index contributed by atoms with van der Waals surface area (Å²) in [6.45, 7) is 2.66. The van der Waals surface area contributed by atoms with Gasteiger partial charge in [-0.2, -0.15) is 0 Å². The summed E-state index contributed by atoms with van der Waals surface area (Å²) in [4.78, 5) is 21.2. The van der Waals surface area contributed by atoms with Crippen LogP contribution in [-0.2, 0) is 17.6 Å². The Kier molecular flexibility index (Phi) is 3.92. The van der Waals surface area contributed by atoms with Gasteiger partial charge in [0.2, 0.25) is 5.91 Å². The molecule has 1 aromatic carbocycles. The molecule has 1 aliphatic carbocycles. The van der Waals surface area contributed by atoms with Crippen LogP contribution in [0.2, 0.25) is 0 Å². The maximum atomic E-state index is 12.0. The highest BCUT2D eigenvalue weighted by molar-refractivity contribution is 5.94. The predicted molar refractivity (Wildman–Crippen MR) is 94.3 cm³/mol. The van der Waals surface area contributed by atoms with Crippen molar-refractivity contribution in [2.45, 2.75) is 44.9 Å². The average molecular weight is 322 g/mol. The second-order valence-corrected chi connectivity index (χ2v) is 6.67. The topological polar surface area (TPSA) is 66.9 Å². The van der Waals surface area contributed by atoms with Crippen LogP contribution in [0.15, 0.2) is 24.3 Å². The molecular formula is C19H22N4O. The highest BCUT2D eigenvalue weighted by Crippen LogP contribution is 2.33. The van der Waals surface area contributed by atoms with Crippen molar-refractivity contribution in [1.29, 1.82) is 0 Å². The lowest BCUT2D eigenvalue weighted by Crippen LogP contribution is -2.27. The number of carbonyl (C=O) groups excluding carboxylic acids is 1. The number of amides is 1. The van der Waals surface area contributed by atoms with Crippen molar-refractivity contribution in [3.63, 3.8) is 0 Å². The van der Waals surface area contributed by atoms with Crippen molar-refractivity contribution < 1.29 is 4.79 Å². The predicted octanol–water partition coefficient (Wildman–Crippen LogP) is 3.20. The van der Waals surface area contributed by atoms with Gasteiger partial charge in [0.05, 0.1) is 0 Å². The van der Waals surface area contributed by atoms with E-state index in [1.807, 2.05) is 25.1 Å². The van der Waals surface area contributed by atoms with Crippen LogP contribution in [0.5, 0.6) is 0 Å². The monoisotopic (exact) mass is 322 g/mol. The Morgan fingerprint density at radius 3 is 2.96 bits per heavy atom. The van der Waals surface area contributed by atoms with Gasteiger partial charge in [-0.1, -0.05) is 18.2 Å². The molecule has 124 valence electrons. The van der Waals surface area contributed by atoms with Crippen LogP contribution in [0.1, 0.15) is 47.8 Å². The maximum Gasteiger partial charge on any atom is 0.225 e. The molecule has 0 spiro atoms. The number of benzene rings is 1. The molecule has 1 aliphatic heterocycles. The lowest BCUT2D eigenvalue weighted by molar-refractivity contribution is -0.116. The van der Waals surface area contributed by atoms with Gasteiger partial charge in [-0.05, 0) is 44.2 Å². The molecule has 4 rings (SSSR count). The molecule has 1 unspecified atom stereocenters. The molecule has 1 aromatic heterocycles. The van der Waals surface area contributed by atoms with E-state index in [0.29, 0.717) is 13.0 Å².